The van der Waals surface area contributed by atoms with Crippen molar-refractivity contribution in [2.24, 2.45) is 0 Å². The van der Waals surface area contributed by atoms with Crippen LogP contribution >= 0.6 is 11.6 Å². The van der Waals surface area contributed by atoms with E-state index in [2.05, 4.69) is 0 Å². The number of nitrogens with zero attached hydrogens (tertiary/aromatic N) is 1. The van der Waals surface area contributed by atoms with Crippen LogP contribution in [0.3, 0.4) is 0 Å². The molecule has 1 aromatic rings. The van der Waals surface area contributed by atoms with Gasteiger partial charge in [0.1, 0.15) is 0 Å². The molecule has 5 heteroatoms. The van der Waals surface area contributed by atoms with E-state index in [0.29, 0.717) is 19.0 Å². The van der Waals surface area contributed by atoms with E-state index in [9.17, 15) is 13.2 Å². The van der Waals surface area contributed by atoms with Crippen LogP contribution < -0.4 is 0 Å². The Hall–Kier alpha value is -0.740. The molecule has 0 aromatic heterocycles. The first-order valence-electron chi connectivity index (χ1n) is 5.40. The van der Waals surface area contributed by atoms with E-state index < -0.39 is 12.6 Å². The molecule has 0 unspecified atom stereocenters. The SMILES string of the molecule is FC(F)(F)CCN(CCCl)Cc1ccccc1. The van der Waals surface area contributed by atoms with Crippen molar-refractivity contribution in [2.45, 2.75) is 19.1 Å². The summed E-state index contributed by atoms with van der Waals surface area (Å²) < 4.78 is 36.4. The lowest BCUT2D eigenvalue weighted by Gasteiger charge is -2.21. The van der Waals surface area contributed by atoms with Crippen molar-refractivity contribution in [3.63, 3.8) is 0 Å². The van der Waals surface area contributed by atoms with E-state index in [4.69, 9.17) is 11.6 Å². The predicted molar refractivity (Wildman–Crippen MR) is 63.1 cm³/mol. The summed E-state index contributed by atoms with van der Waals surface area (Å²) in [6, 6.07) is 9.42. The Balaban J connectivity index is 2.49. The van der Waals surface area contributed by atoms with Gasteiger partial charge in [-0.15, -0.1) is 11.6 Å². The second-order valence-corrected chi connectivity index (χ2v) is 4.19. The summed E-state index contributed by atoms with van der Waals surface area (Å²) in [5.74, 6) is 0.338. The molecule has 0 amide bonds. The summed E-state index contributed by atoms with van der Waals surface area (Å²) in [5.41, 5.74) is 1.000. The zero-order chi connectivity index (χ0) is 12.7. The second-order valence-electron chi connectivity index (χ2n) is 3.82. The summed E-state index contributed by atoms with van der Waals surface area (Å²) in [6.07, 6.45) is -4.90. The summed E-state index contributed by atoms with van der Waals surface area (Å²) in [7, 11) is 0. The third-order valence-corrected chi connectivity index (χ3v) is 2.53. The fraction of sp³-hybridized carbons (Fsp3) is 0.500. The third-order valence-electron chi connectivity index (χ3n) is 2.36. The fourth-order valence-electron chi connectivity index (χ4n) is 1.52. The van der Waals surface area contributed by atoms with E-state index in [1.807, 2.05) is 30.3 Å². The molecule has 1 nitrogen and oxygen atoms in total. The van der Waals surface area contributed by atoms with E-state index in [1.54, 1.807) is 4.90 Å². The Morgan fingerprint density at radius 3 is 2.24 bits per heavy atom. The molecule has 0 saturated carbocycles. The lowest BCUT2D eigenvalue weighted by Crippen LogP contribution is -2.29. The van der Waals surface area contributed by atoms with Crippen LogP contribution in [0.5, 0.6) is 0 Å². The molecule has 1 rings (SSSR count). The van der Waals surface area contributed by atoms with Crippen LogP contribution in [0.1, 0.15) is 12.0 Å². The molecule has 96 valence electrons. The minimum absolute atomic E-state index is 0.00882. The van der Waals surface area contributed by atoms with Crippen LogP contribution in [-0.4, -0.2) is 30.0 Å². The first kappa shape index (κ1) is 14.3. The van der Waals surface area contributed by atoms with Gasteiger partial charge in [0, 0.05) is 25.5 Å². The van der Waals surface area contributed by atoms with Gasteiger partial charge in [-0.1, -0.05) is 30.3 Å². The average molecular weight is 266 g/mol. The largest absolute Gasteiger partial charge is 0.390 e. The molecule has 0 spiro atoms. The molecule has 0 aliphatic rings. The summed E-state index contributed by atoms with van der Waals surface area (Å²) in [6.45, 7) is 0.960. The zero-order valence-electron chi connectivity index (χ0n) is 9.38. The van der Waals surface area contributed by atoms with E-state index >= 15 is 0 Å². The molecule has 0 heterocycles. The lowest BCUT2D eigenvalue weighted by atomic mass is 10.2. The van der Waals surface area contributed by atoms with Crippen LogP contribution in [0.25, 0.3) is 0 Å². The van der Waals surface area contributed by atoms with Crippen molar-refractivity contribution < 1.29 is 13.2 Å². The topological polar surface area (TPSA) is 3.24 Å². The van der Waals surface area contributed by atoms with Gasteiger partial charge in [-0.3, -0.25) is 4.90 Å². The highest BCUT2D eigenvalue weighted by atomic mass is 35.5. The van der Waals surface area contributed by atoms with Crippen LogP contribution in [0.4, 0.5) is 13.2 Å². The lowest BCUT2D eigenvalue weighted by molar-refractivity contribution is -0.138. The minimum Gasteiger partial charge on any atom is -0.298 e. The van der Waals surface area contributed by atoms with Gasteiger partial charge in [0.05, 0.1) is 6.42 Å². The molecule has 0 aliphatic carbocycles. The van der Waals surface area contributed by atoms with Gasteiger partial charge in [0.15, 0.2) is 0 Å². The normalized spacial score (nSPS) is 12.1. The molecule has 0 fully saturated rings. The van der Waals surface area contributed by atoms with Crippen molar-refractivity contribution in [3.05, 3.63) is 35.9 Å². The van der Waals surface area contributed by atoms with Crippen molar-refractivity contribution in [2.75, 3.05) is 19.0 Å². The predicted octanol–water partition coefficient (Wildman–Crippen LogP) is 3.68. The molecule has 0 saturated heterocycles. The van der Waals surface area contributed by atoms with E-state index in [-0.39, 0.29) is 6.54 Å². The molecule has 0 N–H and O–H groups in total. The van der Waals surface area contributed by atoms with Crippen LogP contribution in [-0.2, 0) is 6.54 Å². The van der Waals surface area contributed by atoms with Crippen molar-refractivity contribution >= 4 is 11.6 Å². The molecule has 17 heavy (non-hydrogen) atoms. The summed E-state index contributed by atoms with van der Waals surface area (Å²) in [4.78, 5) is 1.72. The third kappa shape index (κ3) is 6.54. The van der Waals surface area contributed by atoms with Gasteiger partial charge in [-0.2, -0.15) is 13.2 Å². The highest BCUT2D eigenvalue weighted by Gasteiger charge is 2.27. The van der Waals surface area contributed by atoms with Crippen molar-refractivity contribution in [1.82, 2.24) is 4.90 Å². The van der Waals surface area contributed by atoms with Gasteiger partial charge < -0.3 is 0 Å². The molecule has 1 aromatic carbocycles. The molecule has 0 atom stereocenters. The quantitative estimate of drug-likeness (QED) is 0.709. The fourth-order valence-corrected chi connectivity index (χ4v) is 1.75. The zero-order valence-corrected chi connectivity index (χ0v) is 10.1. The van der Waals surface area contributed by atoms with Gasteiger partial charge in [-0.05, 0) is 5.56 Å². The minimum atomic E-state index is -4.11. The summed E-state index contributed by atoms with van der Waals surface area (Å²) >= 11 is 5.59. The first-order valence-corrected chi connectivity index (χ1v) is 5.94. The number of alkyl halides is 4. The number of rotatable bonds is 6. The van der Waals surface area contributed by atoms with Crippen LogP contribution in [0.15, 0.2) is 30.3 Å². The smallest absolute Gasteiger partial charge is 0.298 e. The maximum absolute atomic E-state index is 12.1. The second kappa shape index (κ2) is 6.87. The number of hydrogen-bond acceptors (Lipinski definition) is 1. The first-order chi connectivity index (χ1) is 8.01. The Morgan fingerprint density at radius 2 is 1.71 bits per heavy atom. The Bertz CT molecular complexity index is 313. The standard InChI is InChI=1S/C12H15ClF3N/c13-7-9-17(8-6-12(14,15)16)10-11-4-2-1-3-5-11/h1-5H,6-10H2. The van der Waals surface area contributed by atoms with Gasteiger partial charge >= 0.3 is 6.18 Å². The van der Waals surface area contributed by atoms with Crippen LogP contribution in [0, 0.1) is 0 Å². The van der Waals surface area contributed by atoms with Crippen molar-refractivity contribution in [3.8, 4) is 0 Å². The molecular weight excluding hydrogens is 251 g/mol. The number of halogens is 4. The molecule has 0 aliphatic heterocycles. The van der Waals surface area contributed by atoms with E-state index in [0.717, 1.165) is 5.56 Å². The van der Waals surface area contributed by atoms with Gasteiger partial charge in [-0.25, -0.2) is 0 Å². The van der Waals surface area contributed by atoms with Gasteiger partial charge in [0.2, 0.25) is 0 Å². The Morgan fingerprint density at radius 1 is 1.06 bits per heavy atom. The maximum atomic E-state index is 12.1. The number of benzene rings is 1. The Kier molecular flexibility index (Phi) is 5.78. The maximum Gasteiger partial charge on any atom is 0.390 e. The Labute approximate surface area is 104 Å². The van der Waals surface area contributed by atoms with Gasteiger partial charge in [0.25, 0.3) is 0 Å². The highest BCUT2D eigenvalue weighted by molar-refractivity contribution is 6.18. The molecule has 0 bridgehead atoms. The van der Waals surface area contributed by atoms with E-state index in [1.165, 1.54) is 0 Å². The monoisotopic (exact) mass is 265 g/mol. The average Bonchev–Trinajstić information content (AvgIpc) is 2.27. The van der Waals surface area contributed by atoms with Crippen LogP contribution in [0.2, 0.25) is 0 Å². The number of hydrogen-bond donors (Lipinski definition) is 0. The highest BCUT2D eigenvalue weighted by Crippen LogP contribution is 2.20. The summed E-state index contributed by atoms with van der Waals surface area (Å²) in [5, 5.41) is 0. The van der Waals surface area contributed by atoms with Crippen molar-refractivity contribution in [1.29, 1.82) is 0 Å². The molecule has 0 radical (unpaired) electrons. The molecular formula is C12H15ClF3N.